The largest absolute Gasteiger partial charge is 0.0748 e. The van der Waals surface area contributed by atoms with Crippen LogP contribution in [0.5, 0.6) is 0 Å². The first-order valence-electron chi connectivity index (χ1n) is 3.71. The lowest BCUT2D eigenvalue weighted by atomic mass is 10.0. The molecule has 0 aromatic rings. The van der Waals surface area contributed by atoms with Crippen LogP contribution in [0.1, 0.15) is 20.8 Å². The molecule has 1 heteroatoms. The summed E-state index contributed by atoms with van der Waals surface area (Å²) in [6.45, 7) is 8.02. The van der Waals surface area contributed by atoms with Gasteiger partial charge in [-0.1, -0.05) is 33.4 Å². The molecule has 0 unspecified atom stereocenters. The van der Waals surface area contributed by atoms with Crippen LogP contribution in [0, 0.1) is 5.41 Å². The molecule has 0 aliphatic heterocycles. The highest BCUT2D eigenvalue weighted by Crippen LogP contribution is 2.17. The summed E-state index contributed by atoms with van der Waals surface area (Å²) in [5, 5.41) is 0. The van der Waals surface area contributed by atoms with E-state index in [0.717, 1.165) is 6.04 Å². The summed E-state index contributed by atoms with van der Waals surface area (Å²) in [6, 6.07) is 0.764. The zero-order chi connectivity index (χ0) is 7.71. The van der Waals surface area contributed by atoms with Crippen LogP contribution < -0.4 is 0 Å². The van der Waals surface area contributed by atoms with Gasteiger partial charge < -0.3 is 0 Å². The van der Waals surface area contributed by atoms with Gasteiger partial charge in [0.05, 0.1) is 0 Å². The van der Waals surface area contributed by atoms with Gasteiger partial charge in [0, 0.05) is 11.9 Å². The summed E-state index contributed by atoms with van der Waals surface area (Å²) in [4.78, 5) is 0. The van der Waals surface area contributed by atoms with Crippen LogP contribution in [0.25, 0.3) is 0 Å². The van der Waals surface area contributed by atoms with Crippen molar-refractivity contribution in [1.82, 2.24) is 0 Å². The molecule has 44 valence electrons. The second-order valence-corrected chi connectivity index (χ2v) is 4.15. The third-order valence-corrected chi connectivity index (χ3v) is 2.12. The first-order valence-corrected chi connectivity index (χ1v) is 4.41. The fourth-order valence-corrected chi connectivity index (χ4v) is 1.59. The lowest BCUT2D eigenvalue weighted by Gasteiger charge is -2.15. The standard InChI is InChI=1S/C6H16Si/c1-6(2,3)5-7-4/h5,7H2,1-4H3/i7D2. The van der Waals surface area contributed by atoms with Crippen molar-refractivity contribution >= 4 is 9.38 Å². The molecule has 0 atom stereocenters. The molecule has 0 aliphatic carbocycles. The number of hydrogen-bond donors (Lipinski definition) is 0. The summed E-state index contributed by atoms with van der Waals surface area (Å²) in [6.07, 6.45) is 0. The maximum absolute atomic E-state index is 7.39. The summed E-state index contributed by atoms with van der Waals surface area (Å²) in [5.74, 6) is 0. The third kappa shape index (κ3) is 6.22. The Morgan fingerprint density at radius 3 is 2.00 bits per heavy atom. The summed E-state index contributed by atoms with van der Waals surface area (Å²) in [7, 11) is -2.29. The van der Waals surface area contributed by atoms with Gasteiger partial charge in [0.2, 0.25) is 0 Å². The van der Waals surface area contributed by atoms with Gasteiger partial charge in [-0.15, -0.1) is 0 Å². The lowest BCUT2D eigenvalue weighted by Crippen LogP contribution is -2.05. The molecular weight excluding hydrogens is 100 g/mol. The quantitative estimate of drug-likeness (QED) is 0.459. The van der Waals surface area contributed by atoms with E-state index >= 15 is 0 Å². The summed E-state index contributed by atoms with van der Waals surface area (Å²) in [5.41, 5.74) is 0.171. The highest BCUT2D eigenvalue weighted by Gasteiger charge is 2.06. The predicted molar refractivity (Wildman–Crippen MR) is 38.7 cm³/mol. The van der Waals surface area contributed by atoms with E-state index < -0.39 is 9.38 Å². The second kappa shape index (κ2) is 2.51. The smallest absolute Gasteiger partial charge is 0.0172 e. The topological polar surface area (TPSA) is 0 Å². The molecule has 0 heterocycles. The Morgan fingerprint density at radius 1 is 1.57 bits per heavy atom. The number of hydrogen-bond acceptors (Lipinski definition) is 0. The van der Waals surface area contributed by atoms with Gasteiger partial charge in [-0.05, 0) is 5.41 Å². The Morgan fingerprint density at radius 2 is 2.00 bits per heavy atom. The normalized spacial score (nSPS) is 18.3. The SMILES string of the molecule is [2H][Si]([2H])(C)CC(C)(C)C. The van der Waals surface area contributed by atoms with Crippen LogP contribution in [0.4, 0.5) is 0 Å². The van der Waals surface area contributed by atoms with Crippen LogP contribution in [-0.4, -0.2) is 11.9 Å². The average Bonchev–Trinajstić information content (AvgIpc) is 1.14. The van der Waals surface area contributed by atoms with E-state index in [1.165, 1.54) is 0 Å². The van der Waals surface area contributed by atoms with E-state index in [1.807, 2.05) is 0 Å². The Hall–Kier alpha value is 0.217. The van der Waals surface area contributed by atoms with Crippen molar-refractivity contribution in [3.63, 3.8) is 0 Å². The minimum Gasteiger partial charge on any atom is -0.0748 e. The molecule has 0 nitrogen and oxygen atoms in total. The Kier molecular flexibility index (Phi) is 1.48. The molecule has 0 bridgehead atoms. The van der Waals surface area contributed by atoms with Crippen LogP contribution >= 0.6 is 0 Å². The third-order valence-electron chi connectivity index (χ3n) is 0.707. The molecule has 0 amide bonds. The molecule has 0 aliphatic rings. The molecule has 0 aromatic carbocycles. The molecule has 7 heavy (non-hydrogen) atoms. The molecule has 0 rings (SSSR count). The predicted octanol–water partition coefficient (Wildman–Crippen LogP) is 1.67. The van der Waals surface area contributed by atoms with Gasteiger partial charge in [-0.25, -0.2) is 0 Å². The highest BCUT2D eigenvalue weighted by molar-refractivity contribution is 6.33. The van der Waals surface area contributed by atoms with E-state index in [9.17, 15) is 0 Å². The maximum Gasteiger partial charge on any atom is 0.0172 e. The summed E-state index contributed by atoms with van der Waals surface area (Å²) < 4.78 is 14.8. The zero-order valence-corrected chi connectivity index (χ0v) is 6.71. The van der Waals surface area contributed by atoms with Crippen molar-refractivity contribution in [2.45, 2.75) is 33.4 Å². The second-order valence-electron chi connectivity index (χ2n) is 3.09. The van der Waals surface area contributed by atoms with E-state index in [2.05, 4.69) is 20.8 Å². The van der Waals surface area contributed by atoms with Crippen LogP contribution in [0.3, 0.4) is 0 Å². The molecule has 0 radical (unpaired) electrons. The van der Waals surface area contributed by atoms with E-state index in [-0.39, 0.29) is 5.41 Å². The highest BCUT2D eigenvalue weighted by atomic mass is 28.2. The van der Waals surface area contributed by atoms with Gasteiger partial charge in [-0.2, -0.15) is 0 Å². The average molecular weight is 118 g/mol. The van der Waals surface area contributed by atoms with Crippen LogP contribution in [-0.2, 0) is 0 Å². The van der Waals surface area contributed by atoms with Crippen molar-refractivity contribution in [2.75, 3.05) is 0 Å². The Balaban J connectivity index is 3.75. The van der Waals surface area contributed by atoms with Gasteiger partial charge in [-0.3, -0.25) is 0 Å². The van der Waals surface area contributed by atoms with E-state index in [4.69, 9.17) is 2.47 Å². The molecule has 0 aromatic heterocycles. The first kappa shape index (κ1) is 4.13. The first-order chi connectivity index (χ1) is 3.71. The minimum atomic E-state index is -2.29. The molecule has 0 N–H and O–H groups in total. The van der Waals surface area contributed by atoms with Crippen molar-refractivity contribution in [3.05, 3.63) is 0 Å². The van der Waals surface area contributed by atoms with E-state index in [1.54, 1.807) is 6.55 Å². The number of rotatable bonds is 1. The van der Waals surface area contributed by atoms with Crippen molar-refractivity contribution in [2.24, 2.45) is 5.41 Å². The monoisotopic (exact) mass is 118 g/mol. The molecule has 0 saturated carbocycles. The van der Waals surface area contributed by atoms with Crippen LogP contribution in [0.15, 0.2) is 0 Å². The molecular formula is C6H16Si. The van der Waals surface area contributed by atoms with Gasteiger partial charge in [0.15, 0.2) is 0 Å². The van der Waals surface area contributed by atoms with Crippen molar-refractivity contribution in [1.29, 1.82) is 2.47 Å². The molecule has 0 saturated heterocycles. The van der Waals surface area contributed by atoms with Gasteiger partial charge >= 0.3 is 0 Å². The van der Waals surface area contributed by atoms with Gasteiger partial charge in [0.1, 0.15) is 0 Å². The Bertz CT molecular complexity index is 76.2. The lowest BCUT2D eigenvalue weighted by molar-refractivity contribution is 0.467. The van der Waals surface area contributed by atoms with Crippen LogP contribution in [0.2, 0.25) is 12.6 Å². The zero-order valence-electron chi connectivity index (χ0n) is 7.71. The maximum atomic E-state index is 7.39. The minimum absolute atomic E-state index is 0.171. The van der Waals surface area contributed by atoms with Crippen molar-refractivity contribution in [3.8, 4) is 0 Å². The van der Waals surface area contributed by atoms with Gasteiger partial charge in [0.25, 0.3) is 0 Å². The van der Waals surface area contributed by atoms with Crippen molar-refractivity contribution < 1.29 is 0 Å². The molecule has 0 fully saturated rings. The Labute approximate surface area is 51.6 Å². The fraction of sp³-hybridized carbons (Fsp3) is 1.00. The molecule has 0 spiro atoms. The fourth-order valence-electron chi connectivity index (χ4n) is 0.530. The van der Waals surface area contributed by atoms with E-state index in [0.29, 0.717) is 0 Å². The summed E-state index contributed by atoms with van der Waals surface area (Å²) >= 11 is 0.